The molecule has 0 spiro atoms. The number of carbonyl (C=O) groups is 1. The van der Waals surface area contributed by atoms with E-state index in [1.807, 2.05) is 13.8 Å². The van der Waals surface area contributed by atoms with Gasteiger partial charge in [-0.2, -0.15) is 4.37 Å². The average molecular weight is 240 g/mol. The minimum Gasteiger partial charge on any atom is -0.383 e. The van der Waals surface area contributed by atoms with Crippen molar-refractivity contribution in [2.75, 3.05) is 11.1 Å². The van der Waals surface area contributed by atoms with E-state index in [-0.39, 0.29) is 11.9 Å². The Hall–Kier alpha value is -1.30. The lowest BCUT2D eigenvalue weighted by molar-refractivity contribution is -0.121. The molecule has 1 aromatic heterocycles. The van der Waals surface area contributed by atoms with Crippen molar-refractivity contribution < 1.29 is 4.79 Å². The molecule has 6 heteroatoms. The molecule has 0 radical (unpaired) electrons. The highest BCUT2D eigenvalue weighted by molar-refractivity contribution is 7.10. The van der Waals surface area contributed by atoms with Crippen LogP contribution in [-0.2, 0) is 4.79 Å². The zero-order valence-electron chi connectivity index (χ0n) is 9.41. The Kier molecular flexibility index (Phi) is 3.00. The van der Waals surface area contributed by atoms with E-state index in [0.717, 1.165) is 23.4 Å². The molecule has 0 bridgehead atoms. The van der Waals surface area contributed by atoms with Crippen LogP contribution >= 0.6 is 11.5 Å². The second kappa shape index (κ2) is 4.29. The molecule has 1 aliphatic carbocycles. The van der Waals surface area contributed by atoms with Gasteiger partial charge in [0.2, 0.25) is 5.91 Å². The van der Waals surface area contributed by atoms with Gasteiger partial charge in [-0.05, 0) is 38.2 Å². The maximum absolute atomic E-state index is 11.7. The fraction of sp³-hybridized carbons (Fsp3) is 0.600. The molecule has 0 aromatic carbocycles. The first kappa shape index (κ1) is 11.2. The summed E-state index contributed by atoms with van der Waals surface area (Å²) in [6.07, 6.45) is 2.20. The van der Waals surface area contributed by atoms with E-state index in [4.69, 9.17) is 5.73 Å². The lowest BCUT2D eigenvalue weighted by Gasteiger charge is -2.13. The molecule has 4 N–H and O–H groups in total. The third-order valence-corrected chi connectivity index (χ3v) is 3.52. The highest BCUT2D eigenvalue weighted by Gasteiger charge is 2.25. The van der Waals surface area contributed by atoms with Crippen molar-refractivity contribution in [1.82, 2.24) is 9.69 Å². The van der Waals surface area contributed by atoms with Gasteiger partial charge in [-0.1, -0.05) is 0 Å². The molecule has 1 aliphatic rings. The van der Waals surface area contributed by atoms with E-state index in [2.05, 4.69) is 15.0 Å². The molecule has 1 fully saturated rings. The number of nitrogens with one attached hydrogen (secondary N) is 2. The van der Waals surface area contributed by atoms with Crippen LogP contribution < -0.4 is 16.4 Å². The monoisotopic (exact) mass is 240 g/mol. The molecule has 1 heterocycles. The Labute approximate surface area is 98.6 Å². The summed E-state index contributed by atoms with van der Waals surface area (Å²) in [5.74, 6) is 0.566. The largest absolute Gasteiger partial charge is 0.383 e. The maximum atomic E-state index is 11.7. The number of carbonyl (C=O) groups excluding carboxylic acids is 1. The zero-order chi connectivity index (χ0) is 11.7. The van der Waals surface area contributed by atoms with Crippen molar-refractivity contribution in [3.8, 4) is 0 Å². The maximum Gasteiger partial charge on any atom is 0.242 e. The number of hydrogen-bond donors (Lipinski definition) is 3. The fourth-order valence-corrected chi connectivity index (χ4v) is 2.10. The van der Waals surface area contributed by atoms with Gasteiger partial charge in [0, 0.05) is 11.6 Å². The van der Waals surface area contributed by atoms with Crippen LogP contribution in [0.4, 0.5) is 10.8 Å². The van der Waals surface area contributed by atoms with Gasteiger partial charge in [0.05, 0.1) is 0 Å². The van der Waals surface area contributed by atoms with E-state index in [9.17, 15) is 4.79 Å². The van der Waals surface area contributed by atoms with Crippen molar-refractivity contribution in [3.63, 3.8) is 0 Å². The van der Waals surface area contributed by atoms with Crippen LogP contribution in [0.3, 0.4) is 0 Å². The Morgan fingerprint density at radius 2 is 2.31 bits per heavy atom. The molecule has 5 nitrogen and oxygen atoms in total. The highest BCUT2D eigenvalue weighted by Crippen LogP contribution is 2.26. The molecule has 2 rings (SSSR count). The van der Waals surface area contributed by atoms with Crippen molar-refractivity contribution in [3.05, 3.63) is 5.56 Å². The Balaban J connectivity index is 1.92. The van der Waals surface area contributed by atoms with Crippen LogP contribution in [0.1, 0.15) is 25.3 Å². The van der Waals surface area contributed by atoms with Crippen LogP contribution in [0, 0.1) is 6.92 Å². The normalized spacial score (nSPS) is 16.9. The SMILES string of the molecule is Cc1c(N)nsc1NC(C)C(=O)NC1CC1. The predicted molar refractivity (Wildman–Crippen MR) is 65.5 cm³/mol. The second-order valence-electron chi connectivity index (χ2n) is 4.17. The highest BCUT2D eigenvalue weighted by atomic mass is 32.1. The predicted octanol–water partition coefficient (Wildman–Crippen LogP) is 1.11. The first-order valence-corrected chi connectivity index (χ1v) is 6.14. The smallest absolute Gasteiger partial charge is 0.242 e. The van der Waals surface area contributed by atoms with Crippen LogP contribution in [-0.4, -0.2) is 22.4 Å². The summed E-state index contributed by atoms with van der Waals surface area (Å²) in [6, 6.07) is 0.142. The molecule has 1 unspecified atom stereocenters. The number of nitrogens with two attached hydrogens (primary N) is 1. The van der Waals surface area contributed by atoms with Gasteiger partial charge in [-0.25, -0.2) is 0 Å². The second-order valence-corrected chi connectivity index (χ2v) is 4.94. The molecular weight excluding hydrogens is 224 g/mol. The molecule has 16 heavy (non-hydrogen) atoms. The lowest BCUT2D eigenvalue weighted by Crippen LogP contribution is -2.38. The van der Waals surface area contributed by atoms with Crippen molar-refractivity contribution in [1.29, 1.82) is 0 Å². The topological polar surface area (TPSA) is 80.0 Å². The van der Waals surface area contributed by atoms with Crippen LogP contribution in [0.2, 0.25) is 0 Å². The summed E-state index contributed by atoms with van der Waals surface area (Å²) in [5, 5.41) is 6.95. The van der Waals surface area contributed by atoms with Crippen molar-refractivity contribution in [2.24, 2.45) is 0 Å². The number of aromatic nitrogens is 1. The van der Waals surface area contributed by atoms with Gasteiger partial charge in [0.25, 0.3) is 0 Å². The first-order valence-electron chi connectivity index (χ1n) is 5.36. The number of rotatable bonds is 4. The standard InChI is InChI=1S/C10H16N4OS/c1-5-8(11)14-16-10(5)12-6(2)9(15)13-7-3-4-7/h6-7,12H,3-4H2,1-2H3,(H2,11,14)(H,13,15). The van der Waals surface area contributed by atoms with E-state index in [0.29, 0.717) is 11.9 Å². The van der Waals surface area contributed by atoms with E-state index in [1.54, 1.807) is 0 Å². The van der Waals surface area contributed by atoms with E-state index < -0.39 is 0 Å². The van der Waals surface area contributed by atoms with Crippen molar-refractivity contribution in [2.45, 2.75) is 38.8 Å². The third kappa shape index (κ3) is 2.44. The zero-order valence-corrected chi connectivity index (χ0v) is 10.2. The molecular formula is C10H16N4OS. The van der Waals surface area contributed by atoms with E-state index in [1.165, 1.54) is 11.5 Å². The molecule has 0 saturated heterocycles. The molecule has 88 valence electrons. The summed E-state index contributed by atoms with van der Waals surface area (Å²) < 4.78 is 4.03. The van der Waals surface area contributed by atoms with Gasteiger partial charge in [0.1, 0.15) is 16.9 Å². The number of anilines is 2. The fourth-order valence-electron chi connectivity index (χ4n) is 1.30. The Bertz CT molecular complexity index is 400. The average Bonchev–Trinajstić information content (AvgIpc) is 3.00. The molecule has 0 aliphatic heterocycles. The third-order valence-electron chi connectivity index (χ3n) is 2.62. The van der Waals surface area contributed by atoms with Gasteiger partial charge >= 0.3 is 0 Å². The van der Waals surface area contributed by atoms with Gasteiger partial charge in [-0.15, -0.1) is 0 Å². The summed E-state index contributed by atoms with van der Waals surface area (Å²) in [7, 11) is 0. The molecule has 1 saturated carbocycles. The van der Waals surface area contributed by atoms with Crippen LogP contribution in [0.25, 0.3) is 0 Å². The van der Waals surface area contributed by atoms with Crippen molar-refractivity contribution >= 4 is 28.3 Å². The van der Waals surface area contributed by atoms with Crippen LogP contribution in [0.15, 0.2) is 0 Å². The Morgan fingerprint density at radius 3 is 2.81 bits per heavy atom. The van der Waals surface area contributed by atoms with Gasteiger partial charge in [-0.3, -0.25) is 4.79 Å². The number of nitrogens with zero attached hydrogens (tertiary/aromatic N) is 1. The van der Waals surface area contributed by atoms with Crippen LogP contribution in [0.5, 0.6) is 0 Å². The summed E-state index contributed by atoms with van der Waals surface area (Å²) >= 11 is 1.29. The van der Waals surface area contributed by atoms with E-state index >= 15 is 0 Å². The minimum atomic E-state index is -0.251. The quantitative estimate of drug-likeness (QED) is 0.736. The minimum absolute atomic E-state index is 0.0360. The number of amides is 1. The van der Waals surface area contributed by atoms with Gasteiger partial charge in [0.15, 0.2) is 0 Å². The number of hydrogen-bond acceptors (Lipinski definition) is 5. The lowest BCUT2D eigenvalue weighted by atomic mass is 10.3. The molecule has 1 atom stereocenters. The first-order chi connectivity index (χ1) is 7.58. The molecule has 1 amide bonds. The summed E-state index contributed by atoms with van der Waals surface area (Å²) in [5.41, 5.74) is 6.55. The molecule has 1 aromatic rings. The number of nitrogen functional groups attached to an aromatic ring is 1. The van der Waals surface area contributed by atoms with Gasteiger partial charge < -0.3 is 16.4 Å². The summed E-state index contributed by atoms with van der Waals surface area (Å²) in [4.78, 5) is 11.7. The Morgan fingerprint density at radius 1 is 1.62 bits per heavy atom. The summed E-state index contributed by atoms with van der Waals surface area (Å²) in [6.45, 7) is 3.74.